The fourth-order valence-corrected chi connectivity index (χ4v) is 2.71. The van der Waals surface area contributed by atoms with Crippen LogP contribution in [-0.4, -0.2) is 52.6 Å². The van der Waals surface area contributed by atoms with Crippen LogP contribution in [0.5, 0.6) is 17.2 Å². The van der Waals surface area contributed by atoms with Gasteiger partial charge >= 0.3 is 5.97 Å². The molecular formula is C20H26N4O6. The number of nitrogens with two attached hydrogens (primary N) is 2. The third-order valence-electron chi connectivity index (χ3n) is 4.24. The van der Waals surface area contributed by atoms with Crippen LogP contribution in [0.15, 0.2) is 18.3 Å². The Morgan fingerprint density at radius 3 is 2.50 bits per heavy atom. The van der Waals surface area contributed by atoms with E-state index < -0.39 is 12.1 Å². The molecule has 1 aliphatic heterocycles. The van der Waals surface area contributed by atoms with E-state index in [1.54, 1.807) is 20.4 Å². The van der Waals surface area contributed by atoms with E-state index in [4.69, 9.17) is 35.9 Å². The van der Waals surface area contributed by atoms with E-state index in [-0.39, 0.29) is 12.1 Å². The standard InChI is InChI=1S/C17H20N4O3.C3H6O3/c1-9-4-5-12-10(6-11-8-20-17(19)21-16(11)18)7-13(22-2)15(23-3)14(12)24-9;1-2(4)3(5)6/h4-5,7-9H,6H2,1-3H3,(H4,18,19,20,21);2,4H,1H3,(H,5,6). The van der Waals surface area contributed by atoms with E-state index in [0.717, 1.165) is 16.7 Å². The molecule has 0 aliphatic carbocycles. The lowest BCUT2D eigenvalue weighted by Gasteiger charge is -2.24. The Kier molecular flexibility index (Phi) is 7.43. The number of aliphatic carboxylic acids is 1. The molecule has 162 valence electrons. The Morgan fingerprint density at radius 2 is 1.97 bits per heavy atom. The number of rotatable bonds is 5. The van der Waals surface area contributed by atoms with Gasteiger partial charge in [-0.3, -0.25) is 0 Å². The first-order valence-electron chi connectivity index (χ1n) is 9.08. The number of carboxylic acid groups (broad SMARTS) is 1. The van der Waals surface area contributed by atoms with Crippen LogP contribution < -0.4 is 25.7 Å². The second-order valence-corrected chi connectivity index (χ2v) is 6.53. The minimum absolute atomic E-state index is 0.0451. The SMILES string of the molecule is CC(O)C(=O)O.COc1cc(Cc2cnc(N)nc2N)c2c(c1OC)OC(C)C=C2. The molecule has 0 saturated carbocycles. The summed E-state index contributed by atoms with van der Waals surface area (Å²) in [6.45, 7) is 3.16. The Balaban J connectivity index is 0.000000469. The molecule has 2 unspecified atom stereocenters. The molecule has 0 spiro atoms. The van der Waals surface area contributed by atoms with E-state index in [2.05, 4.69) is 9.97 Å². The molecule has 0 radical (unpaired) electrons. The number of hydrogen-bond acceptors (Lipinski definition) is 9. The third kappa shape index (κ3) is 5.29. The molecule has 0 saturated heterocycles. The Hall–Kier alpha value is -3.53. The highest BCUT2D eigenvalue weighted by Gasteiger charge is 2.24. The summed E-state index contributed by atoms with van der Waals surface area (Å²) < 4.78 is 16.9. The number of methoxy groups -OCH3 is 2. The fraction of sp³-hybridized carbons (Fsp3) is 0.350. The summed E-state index contributed by atoms with van der Waals surface area (Å²) in [5.74, 6) is 1.17. The van der Waals surface area contributed by atoms with Crippen molar-refractivity contribution in [2.24, 2.45) is 0 Å². The molecule has 0 amide bonds. The van der Waals surface area contributed by atoms with Crippen molar-refractivity contribution >= 4 is 23.8 Å². The lowest BCUT2D eigenvalue weighted by Crippen LogP contribution is -2.15. The maximum absolute atomic E-state index is 9.45. The van der Waals surface area contributed by atoms with Crippen LogP contribution in [0.1, 0.15) is 30.5 Å². The third-order valence-corrected chi connectivity index (χ3v) is 4.24. The van der Waals surface area contributed by atoms with Gasteiger partial charge in [-0.05, 0) is 31.6 Å². The van der Waals surface area contributed by atoms with Crippen LogP contribution >= 0.6 is 0 Å². The molecule has 10 heteroatoms. The molecule has 6 N–H and O–H groups in total. The molecule has 1 aliphatic rings. The first-order valence-corrected chi connectivity index (χ1v) is 9.08. The van der Waals surface area contributed by atoms with Gasteiger partial charge < -0.3 is 35.9 Å². The minimum Gasteiger partial charge on any atom is -0.493 e. The van der Waals surface area contributed by atoms with E-state index in [1.165, 1.54) is 6.92 Å². The maximum atomic E-state index is 9.45. The predicted octanol–water partition coefficient (Wildman–Crippen LogP) is 1.49. The van der Waals surface area contributed by atoms with Gasteiger partial charge in [0.15, 0.2) is 11.5 Å². The summed E-state index contributed by atoms with van der Waals surface area (Å²) >= 11 is 0. The zero-order valence-electron chi connectivity index (χ0n) is 17.2. The van der Waals surface area contributed by atoms with Crippen molar-refractivity contribution in [1.82, 2.24) is 9.97 Å². The van der Waals surface area contributed by atoms with E-state index in [9.17, 15) is 4.79 Å². The summed E-state index contributed by atoms with van der Waals surface area (Å²) in [6.07, 6.45) is 4.89. The largest absolute Gasteiger partial charge is 0.493 e. The molecule has 10 nitrogen and oxygen atoms in total. The Bertz CT molecular complexity index is 945. The molecule has 1 aromatic carbocycles. The fourth-order valence-electron chi connectivity index (χ4n) is 2.71. The monoisotopic (exact) mass is 418 g/mol. The zero-order valence-corrected chi connectivity index (χ0v) is 17.2. The number of nitrogen functional groups attached to an aromatic ring is 2. The van der Waals surface area contributed by atoms with Crippen LogP contribution in [-0.2, 0) is 11.2 Å². The number of nitrogens with zero attached hydrogens (tertiary/aromatic N) is 2. The zero-order chi connectivity index (χ0) is 22.4. The van der Waals surface area contributed by atoms with E-state index >= 15 is 0 Å². The topological polar surface area (TPSA) is 163 Å². The number of anilines is 2. The van der Waals surface area contributed by atoms with Crippen molar-refractivity contribution in [3.63, 3.8) is 0 Å². The van der Waals surface area contributed by atoms with Gasteiger partial charge in [-0.25, -0.2) is 9.78 Å². The van der Waals surface area contributed by atoms with E-state index in [0.29, 0.717) is 29.5 Å². The number of ether oxygens (including phenoxy) is 3. The highest BCUT2D eigenvalue weighted by atomic mass is 16.5. The van der Waals surface area contributed by atoms with Gasteiger partial charge in [0.1, 0.15) is 18.0 Å². The van der Waals surface area contributed by atoms with Crippen molar-refractivity contribution in [1.29, 1.82) is 0 Å². The van der Waals surface area contributed by atoms with E-state index in [1.807, 2.05) is 25.1 Å². The van der Waals surface area contributed by atoms with Crippen molar-refractivity contribution in [2.45, 2.75) is 32.5 Å². The summed E-state index contributed by atoms with van der Waals surface area (Å²) in [6, 6.07) is 1.91. The second kappa shape index (κ2) is 9.79. The van der Waals surface area contributed by atoms with Gasteiger partial charge in [0, 0.05) is 23.7 Å². The van der Waals surface area contributed by atoms with Gasteiger partial charge in [0.2, 0.25) is 11.7 Å². The average molecular weight is 418 g/mol. The van der Waals surface area contributed by atoms with Gasteiger partial charge in [0.05, 0.1) is 14.2 Å². The summed E-state index contributed by atoms with van der Waals surface area (Å²) in [5.41, 5.74) is 14.2. The predicted molar refractivity (Wildman–Crippen MR) is 112 cm³/mol. The molecule has 2 atom stereocenters. The number of carbonyl (C=O) groups is 1. The lowest BCUT2D eigenvalue weighted by molar-refractivity contribution is -0.145. The first-order chi connectivity index (χ1) is 14.2. The molecule has 2 heterocycles. The minimum atomic E-state index is -1.23. The molecule has 1 aromatic heterocycles. The Labute approximate surface area is 174 Å². The normalized spacial score (nSPS) is 15.2. The molecule has 0 bridgehead atoms. The second-order valence-electron chi connectivity index (χ2n) is 6.53. The molecule has 3 rings (SSSR count). The smallest absolute Gasteiger partial charge is 0.332 e. The summed E-state index contributed by atoms with van der Waals surface area (Å²) in [4.78, 5) is 17.5. The quantitative estimate of drug-likeness (QED) is 0.559. The molecule has 2 aromatic rings. The summed E-state index contributed by atoms with van der Waals surface area (Å²) in [5, 5.41) is 15.8. The number of benzene rings is 1. The lowest BCUT2D eigenvalue weighted by atomic mass is 9.96. The van der Waals surface area contributed by atoms with Crippen LogP contribution in [0.3, 0.4) is 0 Å². The highest BCUT2D eigenvalue weighted by Crippen LogP contribution is 2.45. The van der Waals surface area contributed by atoms with Gasteiger partial charge in [-0.15, -0.1) is 0 Å². The van der Waals surface area contributed by atoms with Gasteiger partial charge in [-0.1, -0.05) is 6.08 Å². The number of aliphatic hydroxyl groups is 1. The molecule has 0 fully saturated rings. The number of carboxylic acids is 1. The Morgan fingerprint density at radius 1 is 1.30 bits per heavy atom. The van der Waals surface area contributed by atoms with Gasteiger partial charge in [-0.2, -0.15) is 4.98 Å². The van der Waals surface area contributed by atoms with Crippen LogP contribution in [0.2, 0.25) is 0 Å². The first kappa shape index (κ1) is 22.8. The highest BCUT2D eigenvalue weighted by molar-refractivity contribution is 5.72. The number of hydrogen-bond donors (Lipinski definition) is 4. The molecule has 30 heavy (non-hydrogen) atoms. The van der Waals surface area contributed by atoms with Crippen LogP contribution in [0.25, 0.3) is 6.08 Å². The van der Waals surface area contributed by atoms with Crippen molar-refractivity contribution < 1.29 is 29.2 Å². The van der Waals surface area contributed by atoms with Crippen LogP contribution in [0, 0.1) is 0 Å². The maximum Gasteiger partial charge on any atom is 0.332 e. The van der Waals surface area contributed by atoms with Crippen molar-refractivity contribution in [2.75, 3.05) is 25.7 Å². The average Bonchev–Trinajstić information content (AvgIpc) is 2.69. The van der Waals surface area contributed by atoms with Crippen LogP contribution in [0.4, 0.5) is 11.8 Å². The van der Waals surface area contributed by atoms with Gasteiger partial charge in [0.25, 0.3) is 0 Å². The number of aromatic nitrogens is 2. The summed E-state index contributed by atoms with van der Waals surface area (Å²) in [7, 11) is 3.19. The van der Waals surface area contributed by atoms with Crippen molar-refractivity contribution in [3.8, 4) is 17.2 Å². The molecular weight excluding hydrogens is 392 g/mol. The number of fused-ring (bicyclic) bond motifs is 1. The van der Waals surface area contributed by atoms with Crippen molar-refractivity contribution in [3.05, 3.63) is 35.0 Å². The number of aliphatic hydroxyl groups excluding tert-OH is 1.